The summed E-state index contributed by atoms with van der Waals surface area (Å²) in [5.74, 6) is 0.891. The fourth-order valence-corrected chi connectivity index (χ4v) is 0.721. The normalized spacial score (nSPS) is 13.7. The van der Waals surface area contributed by atoms with Gasteiger partial charge in [-0.05, 0) is 25.7 Å². The quantitative estimate of drug-likeness (QED) is 0.566. The molecule has 0 bridgehead atoms. The minimum Gasteiger partial charge on any atom is -0.198 e. The number of rotatable bonds is 4. The number of nitriles is 1. The van der Waals surface area contributed by atoms with Crippen molar-refractivity contribution in [1.82, 2.24) is 0 Å². The van der Waals surface area contributed by atoms with Crippen molar-refractivity contribution >= 4 is 0 Å². The van der Waals surface area contributed by atoms with Crippen LogP contribution in [0, 0.1) is 23.2 Å². The summed E-state index contributed by atoms with van der Waals surface area (Å²) in [5, 5.41) is 8.46. The van der Waals surface area contributed by atoms with Gasteiger partial charge in [-0.2, -0.15) is 5.26 Å². The average molecular weight is 151 g/mol. The second-order valence-electron chi connectivity index (χ2n) is 3.37. The third kappa shape index (κ3) is 7.12. The Bertz CT molecular complexity index is 151. The van der Waals surface area contributed by atoms with Crippen LogP contribution in [0.2, 0.25) is 0 Å². The summed E-state index contributed by atoms with van der Waals surface area (Å²) < 4.78 is 0. The SMILES string of the molecule is CC(C)C/C=C\CC(C)C#N. The molecule has 0 aliphatic carbocycles. The molecule has 62 valence electrons. The summed E-state index contributed by atoms with van der Waals surface area (Å²) >= 11 is 0. The monoisotopic (exact) mass is 151 g/mol. The molecule has 0 saturated carbocycles. The molecule has 0 aliphatic rings. The number of allylic oxidation sites excluding steroid dienone is 2. The van der Waals surface area contributed by atoms with Crippen molar-refractivity contribution in [2.75, 3.05) is 0 Å². The van der Waals surface area contributed by atoms with E-state index >= 15 is 0 Å². The van der Waals surface area contributed by atoms with Gasteiger partial charge in [-0.1, -0.05) is 26.0 Å². The Kier molecular flexibility index (Phi) is 5.56. The van der Waals surface area contributed by atoms with Gasteiger partial charge in [0.15, 0.2) is 0 Å². The lowest BCUT2D eigenvalue weighted by Gasteiger charge is -1.97. The van der Waals surface area contributed by atoms with Crippen molar-refractivity contribution in [3.8, 4) is 6.07 Å². The smallest absolute Gasteiger partial charge is 0.0656 e. The van der Waals surface area contributed by atoms with E-state index in [1.165, 1.54) is 0 Å². The van der Waals surface area contributed by atoms with E-state index in [2.05, 4.69) is 32.1 Å². The molecule has 0 saturated heterocycles. The molecule has 1 atom stereocenters. The van der Waals surface area contributed by atoms with E-state index in [0.29, 0.717) is 0 Å². The molecule has 1 heteroatoms. The highest BCUT2D eigenvalue weighted by molar-refractivity contribution is 4.90. The van der Waals surface area contributed by atoms with Gasteiger partial charge in [0.1, 0.15) is 0 Å². The van der Waals surface area contributed by atoms with E-state index in [4.69, 9.17) is 5.26 Å². The molecule has 0 amide bonds. The summed E-state index contributed by atoms with van der Waals surface area (Å²) in [6.45, 7) is 6.33. The first-order valence-electron chi connectivity index (χ1n) is 4.21. The van der Waals surface area contributed by atoms with Crippen LogP contribution in [-0.4, -0.2) is 0 Å². The van der Waals surface area contributed by atoms with Crippen molar-refractivity contribution in [2.45, 2.75) is 33.6 Å². The van der Waals surface area contributed by atoms with Crippen LogP contribution >= 0.6 is 0 Å². The zero-order chi connectivity index (χ0) is 8.69. The van der Waals surface area contributed by atoms with Gasteiger partial charge in [0.05, 0.1) is 6.07 Å². The Balaban J connectivity index is 3.39. The van der Waals surface area contributed by atoms with Gasteiger partial charge in [-0.15, -0.1) is 0 Å². The summed E-state index contributed by atoms with van der Waals surface area (Å²) in [4.78, 5) is 0. The maximum absolute atomic E-state index is 8.46. The first-order valence-corrected chi connectivity index (χ1v) is 4.21. The third-order valence-corrected chi connectivity index (χ3v) is 1.48. The molecule has 0 radical (unpaired) electrons. The highest BCUT2D eigenvalue weighted by Gasteiger charge is 1.93. The third-order valence-electron chi connectivity index (χ3n) is 1.48. The molecule has 0 aromatic heterocycles. The lowest BCUT2D eigenvalue weighted by Crippen LogP contribution is -1.86. The molecule has 11 heavy (non-hydrogen) atoms. The van der Waals surface area contributed by atoms with Gasteiger partial charge in [0, 0.05) is 5.92 Å². The van der Waals surface area contributed by atoms with Crippen molar-refractivity contribution in [3.63, 3.8) is 0 Å². The lowest BCUT2D eigenvalue weighted by molar-refractivity contribution is 0.659. The molecule has 0 spiro atoms. The molecular weight excluding hydrogens is 134 g/mol. The number of nitrogens with zero attached hydrogens (tertiary/aromatic N) is 1. The van der Waals surface area contributed by atoms with Crippen LogP contribution in [0.25, 0.3) is 0 Å². The van der Waals surface area contributed by atoms with Crippen LogP contribution < -0.4 is 0 Å². The molecule has 1 nitrogen and oxygen atoms in total. The van der Waals surface area contributed by atoms with Crippen LogP contribution in [-0.2, 0) is 0 Å². The van der Waals surface area contributed by atoms with Crippen LogP contribution in [0.15, 0.2) is 12.2 Å². The molecule has 0 aromatic carbocycles. The average Bonchev–Trinajstić information content (AvgIpc) is 1.97. The Labute approximate surface area is 69.7 Å². The predicted octanol–water partition coefficient (Wildman–Crippen LogP) is 3.14. The van der Waals surface area contributed by atoms with Crippen molar-refractivity contribution in [3.05, 3.63) is 12.2 Å². The fourth-order valence-electron chi connectivity index (χ4n) is 0.721. The van der Waals surface area contributed by atoms with Gasteiger partial charge in [0.25, 0.3) is 0 Å². The van der Waals surface area contributed by atoms with Gasteiger partial charge in [-0.25, -0.2) is 0 Å². The Morgan fingerprint density at radius 3 is 2.18 bits per heavy atom. The first-order chi connectivity index (χ1) is 5.16. The second kappa shape index (κ2) is 5.97. The highest BCUT2D eigenvalue weighted by atomic mass is 14.2. The zero-order valence-corrected chi connectivity index (χ0v) is 7.67. The van der Waals surface area contributed by atoms with Crippen molar-refractivity contribution in [2.24, 2.45) is 11.8 Å². The maximum Gasteiger partial charge on any atom is 0.0656 e. The zero-order valence-electron chi connectivity index (χ0n) is 7.67. The van der Waals surface area contributed by atoms with E-state index in [9.17, 15) is 0 Å². The highest BCUT2D eigenvalue weighted by Crippen LogP contribution is 2.04. The summed E-state index contributed by atoms with van der Waals surface area (Å²) in [5.41, 5.74) is 0. The predicted molar refractivity (Wildman–Crippen MR) is 48.0 cm³/mol. The minimum absolute atomic E-state index is 0.165. The van der Waals surface area contributed by atoms with Crippen LogP contribution in [0.5, 0.6) is 0 Å². The van der Waals surface area contributed by atoms with Crippen LogP contribution in [0.4, 0.5) is 0 Å². The van der Waals surface area contributed by atoms with E-state index in [1.54, 1.807) is 0 Å². The van der Waals surface area contributed by atoms with Gasteiger partial charge >= 0.3 is 0 Å². The molecule has 0 fully saturated rings. The van der Waals surface area contributed by atoms with Crippen LogP contribution in [0.3, 0.4) is 0 Å². The summed E-state index contributed by atoms with van der Waals surface area (Å²) in [6.07, 6.45) is 6.29. The Hall–Kier alpha value is -0.770. The minimum atomic E-state index is 0.165. The largest absolute Gasteiger partial charge is 0.198 e. The molecular formula is C10H17N. The van der Waals surface area contributed by atoms with E-state index < -0.39 is 0 Å². The fraction of sp³-hybridized carbons (Fsp3) is 0.700. The standard InChI is InChI=1S/C10H17N/c1-9(2)6-4-5-7-10(3)8-11/h4-5,9-10H,6-7H2,1-3H3/b5-4-. The lowest BCUT2D eigenvalue weighted by atomic mass is 10.1. The van der Waals surface area contributed by atoms with E-state index in [-0.39, 0.29) is 5.92 Å². The molecule has 0 N–H and O–H groups in total. The molecule has 0 heterocycles. The number of hydrogen-bond acceptors (Lipinski definition) is 1. The summed E-state index contributed by atoms with van der Waals surface area (Å²) in [6, 6.07) is 2.20. The van der Waals surface area contributed by atoms with Crippen LogP contribution in [0.1, 0.15) is 33.6 Å². The van der Waals surface area contributed by atoms with E-state index in [0.717, 1.165) is 18.8 Å². The van der Waals surface area contributed by atoms with Crippen molar-refractivity contribution < 1.29 is 0 Å². The summed E-state index contributed by atoms with van der Waals surface area (Å²) in [7, 11) is 0. The topological polar surface area (TPSA) is 23.8 Å². The van der Waals surface area contributed by atoms with Gasteiger partial charge in [-0.3, -0.25) is 0 Å². The molecule has 0 aromatic rings. The van der Waals surface area contributed by atoms with Gasteiger partial charge < -0.3 is 0 Å². The molecule has 0 aliphatic heterocycles. The molecule has 1 unspecified atom stereocenters. The van der Waals surface area contributed by atoms with Crippen molar-refractivity contribution in [1.29, 1.82) is 5.26 Å². The Morgan fingerprint density at radius 1 is 1.18 bits per heavy atom. The number of hydrogen-bond donors (Lipinski definition) is 0. The van der Waals surface area contributed by atoms with E-state index in [1.807, 2.05) is 6.92 Å². The maximum atomic E-state index is 8.46. The molecule has 0 rings (SSSR count). The van der Waals surface area contributed by atoms with Gasteiger partial charge in [0.2, 0.25) is 0 Å². The second-order valence-corrected chi connectivity index (χ2v) is 3.37. The first kappa shape index (κ1) is 10.2. The Morgan fingerprint density at radius 2 is 1.73 bits per heavy atom.